The van der Waals surface area contributed by atoms with Crippen LogP contribution in [0.5, 0.6) is 0 Å². The van der Waals surface area contributed by atoms with E-state index in [1.54, 1.807) is 14.2 Å². The van der Waals surface area contributed by atoms with E-state index >= 15 is 0 Å². The van der Waals surface area contributed by atoms with E-state index in [-0.39, 0.29) is 24.0 Å². The third-order valence-corrected chi connectivity index (χ3v) is 4.45. The molecule has 0 saturated heterocycles. The fraction of sp³-hybridized carbons (Fsp3) is 0.789. The van der Waals surface area contributed by atoms with Gasteiger partial charge >= 0.3 is 0 Å². The quantitative estimate of drug-likeness (QED) is 0.183. The highest BCUT2D eigenvalue weighted by atomic mass is 127. The molecule has 0 atom stereocenters. The summed E-state index contributed by atoms with van der Waals surface area (Å²) in [5.74, 6) is 0.839. The first-order valence-corrected chi connectivity index (χ1v) is 9.74. The predicted molar refractivity (Wildman–Crippen MR) is 126 cm³/mol. The van der Waals surface area contributed by atoms with E-state index in [0.717, 1.165) is 63.1 Å². The van der Waals surface area contributed by atoms with E-state index in [9.17, 15) is 0 Å². The molecule has 1 heterocycles. The summed E-state index contributed by atoms with van der Waals surface area (Å²) in [7, 11) is 5.58. The van der Waals surface area contributed by atoms with Crippen molar-refractivity contribution in [1.29, 1.82) is 0 Å². The molecule has 0 unspecified atom stereocenters. The van der Waals surface area contributed by atoms with Crippen LogP contribution >= 0.6 is 24.0 Å². The van der Waals surface area contributed by atoms with E-state index in [1.165, 1.54) is 5.56 Å². The molecule has 0 saturated carbocycles. The van der Waals surface area contributed by atoms with Crippen LogP contribution in [-0.4, -0.2) is 81.3 Å². The minimum atomic E-state index is 0. The largest absolute Gasteiger partial charge is 0.385 e. The topological polar surface area (TPSA) is 75.9 Å². The Hall–Kier alpha value is -0.910. The van der Waals surface area contributed by atoms with Gasteiger partial charge in [0.15, 0.2) is 5.96 Å². The van der Waals surface area contributed by atoms with Gasteiger partial charge < -0.3 is 25.0 Å². The van der Waals surface area contributed by atoms with Crippen LogP contribution in [0.1, 0.15) is 30.3 Å². The van der Waals surface area contributed by atoms with Crippen LogP contribution in [0.15, 0.2) is 4.99 Å². The summed E-state index contributed by atoms with van der Waals surface area (Å²) in [6.45, 7) is 12.7. The lowest BCUT2D eigenvalue weighted by atomic mass is 10.2. The van der Waals surface area contributed by atoms with Gasteiger partial charge in [0.2, 0.25) is 0 Å². The lowest BCUT2D eigenvalue weighted by Gasteiger charge is -2.18. The van der Waals surface area contributed by atoms with Crippen molar-refractivity contribution in [3.63, 3.8) is 0 Å². The second-order valence-corrected chi connectivity index (χ2v) is 6.64. The van der Waals surface area contributed by atoms with Crippen molar-refractivity contribution in [2.45, 2.75) is 40.3 Å². The number of guanidine groups is 1. The fourth-order valence-corrected chi connectivity index (χ4v) is 2.81. The Morgan fingerprint density at radius 2 is 1.86 bits per heavy atom. The van der Waals surface area contributed by atoms with Crippen molar-refractivity contribution in [2.75, 3.05) is 60.7 Å². The molecule has 0 aliphatic rings. The molecule has 1 aromatic rings. The molecular weight excluding hydrogens is 471 g/mol. The van der Waals surface area contributed by atoms with E-state index < -0.39 is 0 Å². The van der Waals surface area contributed by atoms with Gasteiger partial charge in [0.1, 0.15) is 0 Å². The van der Waals surface area contributed by atoms with Crippen LogP contribution in [-0.2, 0) is 22.6 Å². The van der Waals surface area contributed by atoms with Crippen molar-refractivity contribution in [1.82, 2.24) is 25.3 Å². The van der Waals surface area contributed by atoms with E-state index in [0.29, 0.717) is 13.2 Å². The van der Waals surface area contributed by atoms with Gasteiger partial charge in [-0.25, -0.2) is 4.99 Å². The van der Waals surface area contributed by atoms with Crippen LogP contribution < -0.4 is 10.6 Å². The van der Waals surface area contributed by atoms with Crippen molar-refractivity contribution in [3.05, 3.63) is 17.0 Å². The first kappa shape index (κ1) is 27.1. The molecule has 0 aromatic carbocycles. The molecule has 0 fully saturated rings. The molecule has 0 bridgehead atoms. The first-order valence-electron chi connectivity index (χ1n) is 9.74. The smallest absolute Gasteiger partial charge is 0.191 e. The lowest BCUT2D eigenvalue weighted by Crippen LogP contribution is -2.41. The van der Waals surface area contributed by atoms with Crippen molar-refractivity contribution < 1.29 is 9.47 Å². The van der Waals surface area contributed by atoms with Gasteiger partial charge in [-0.3, -0.25) is 4.68 Å². The minimum absolute atomic E-state index is 0. The Bertz CT molecular complexity index is 565. The molecule has 0 radical (unpaired) electrons. The zero-order valence-corrected chi connectivity index (χ0v) is 20.7. The normalized spacial score (nSPS) is 11.6. The molecule has 9 heteroatoms. The average molecular weight is 510 g/mol. The Labute approximate surface area is 187 Å². The highest BCUT2D eigenvalue weighted by Crippen LogP contribution is 2.14. The van der Waals surface area contributed by atoms with Crippen molar-refractivity contribution >= 4 is 29.9 Å². The lowest BCUT2D eigenvalue weighted by molar-refractivity contribution is 0.180. The van der Waals surface area contributed by atoms with Crippen LogP contribution in [0.2, 0.25) is 0 Å². The van der Waals surface area contributed by atoms with Crippen molar-refractivity contribution in [2.24, 2.45) is 4.99 Å². The molecule has 2 N–H and O–H groups in total. The number of methoxy groups -OCH3 is 2. The number of halogens is 1. The van der Waals surface area contributed by atoms with Gasteiger partial charge in [-0.1, -0.05) is 0 Å². The summed E-state index contributed by atoms with van der Waals surface area (Å²) >= 11 is 0. The van der Waals surface area contributed by atoms with Gasteiger partial charge in [0.05, 0.1) is 25.4 Å². The summed E-state index contributed by atoms with van der Waals surface area (Å²) in [5.41, 5.74) is 3.36. The van der Waals surface area contributed by atoms with Gasteiger partial charge in [0.25, 0.3) is 0 Å². The number of aromatic nitrogens is 2. The summed E-state index contributed by atoms with van der Waals surface area (Å²) in [6.07, 6.45) is 1.05. The Kier molecular flexibility index (Phi) is 15.4. The molecule has 28 heavy (non-hydrogen) atoms. The zero-order chi connectivity index (χ0) is 20.1. The third kappa shape index (κ3) is 10.0. The monoisotopic (exact) mass is 510 g/mol. The van der Waals surface area contributed by atoms with Crippen LogP contribution in [0.3, 0.4) is 0 Å². The molecule has 0 amide bonds. The first-order chi connectivity index (χ1) is 13.0. The summed E-state index contributed by atoms with van der Waals surface area (Å²) in [4.78, 5) is 7.04. The Morgan fingerprint density at radius 3 is 2.50 bits per heavy atom. The number of likely N-dealkylation sites (N-methyl/N-ethyl adjacent to an activating group) is 1. The second kappa shape index (κ2) is 15.9. The number of hydrogen-bond acceptors (Lipinski definition) is 5. The van der Waals surface area contributed by atoms with E-state index in [4.69, 9.17) is 14.5 Å². The molecule has 0 aliphatic carbocycles. The minimum Gasteiger partial charge on any atom is -0.385 e. The number of aliphatic imine (C=N–C) groups is 1. The van der Waals surface area contributed by atoms with Crippen molar-refractivity contribution in [3.8, 4) is 0 Å². The molecule has 0 spiro atoms. The van der Waals surface area contributed by atoms with E-state index in [1.807, 2.05) is 11.6 Å². The maximum atomic E-state index is 5.16. The molecule has 8 nitrogen and oxygen atoms in total. The summed E-state index contributed by atoms with van der Waals surface area (Å²) in [5, 5.41) is 11.3. The molecule has 1 rings (SSSR count). The molecule has 0 aliphatic heterocycles. The van der Waals surface area contributed by atoms with Crippen LogP contribution in [0.25, 0.3) is 0 Å². The predicted octanol–water partition coefficient (Wildman–Crippen LogP) is 1.79. The number of nitrogens with one attached hydrogen (secondary N) is 2. The molecule has 164 valence electrons. The number of ether oxygens (including phenoxy) is 2. The third-order valence-electron chi connectivity index (χ3n) is 4.45. The summed E-state index contributed by atoms with van der Waals surface area (Å²) < 4.78 is 12.3. The highest BCUT2D eigenvalue weighted by Gasteiger charge is 2.11. The van der Waals surface area contributed by atoms with Crippen LogP contribution in [0.4, 0.5) is 0 Å². The number of hydrogen-bond donors (Lipinski definition) is 2. The average Bonchev–Trinajstić information content (AvgIpc) is 2.91. The van der Waals surface area contributed by atoms with Gasteiger partial charge in [-0.15, -0.1) is 24.0 Å². The Balaban J connectivity index is 0.00000729. The standard InChI is InChI=1S/C19H38N6O2.HI/c1-7-20-19(21-9-11-24(4)10-8-13-26-5)22-15-18-16(2)23-25(17(18)3)12-14-27-6;/h7-15H2,1-6H3,(H2,20,21,22);1H. The molecule has 1 aromatic heterocycles. The molecular formula is C19H39IN6O2. The van der Waals surface area contributed by atoms with Gasteiger partial charge in [-0.2, -0.15) is 5.10 Å². The fourth-order valence-electron chi connectivity index (χ4n) is 2.81. The Morgan fingerprint density at radius 1 is 1.14 bits per heavy atom. The number of nitrogens with zero attached hydrogens (tertiary/aromatic N) is 4. The van der Waals surface area contributed by atoms with Crippen LogP contribution in [0, 0.1) is 13.8 Å². The maximum absolute atomic E-state index is 5.16. The zero-order valence-electron chi connectivity index (χ0n) is 18.4. The van der Waals surface area contributed by atoms with Gasteiger partial charge in [-0.05, 0) is 34.2 Å². The number of rotatable bonds is 13. The number of aryl methyl sites for hydroxylation is 1. The van der Waals surface area contributed by atoms with Gasteiger partial charge in [0, 0.05) is 58.3 Å². The highest BCUT2D eigenvalue weighted by molar-refractivity contribution is 14.0. The second-order valence-electron chi connectivity index (χ2n) is 6.64. The summed E-state index contributed by atoms with van der Waals surface area (Å²) in [6, 6.07) is 0. The maximum Gasteiger partial charge on any atom is 0.191 e. The SMILES string of the molecule is CCNC(=NCc1c(C)nn(CCOC)c1C)NCCN(C)CCCOC.I. The van der Waals surface area contributed by atoms with E-state index in [2.05, 4.69) is 41.5 Å².